The first kappa shape index (κ1) is 17.0. The Bertz CT molecular complexity index is 1050. The van der Waals surface area contributed by atoms with Crippen LogP contribution < -0.4 is 5.32 Å². The first-order valence-corrected chi connectivity index (χ1v) is 8.83. The van der Waals surface area contributed by atoms with Gasteiger partial charge < -0.3 is 9.88 Å². The second-order valence-corrected chi connectivity index (χ2v) is 6.65. The topological polar surface area (TPSA) is 77.6 Å². The number of tetrazole rings is 1. The Labute approximate surface area is 156 Å². The highest BCUT2D eigenvalue weighted by Gasteiger charge is 2.24. The van der Waals surface area contributed by atoms with Gasteiger partial charge in [-0.3, -0.25) is 4.79 Å². The van der Waals surface area contributed by atoms with Crippen molar-refractivity contribution in [3.8, 4) is 0 Å². The van der Waals surface area contributed by atoms with Crippen molar-refractivity contribution in [3.05, 3.63) is 72.7 Å². The maximum Gasteiger partial charge on any atom is 0.253 e. The van der Waals surface area contributed by atoms with Crippen LogP contribution >= 0.6 is 0 Å². The predicted octanol–water partition coefficient (Wildman–Crippen LogP) is 3.44. The molecule has 0 bridgehead atoms. The summed E-state index contributed by atoms with van der Waals surface area (Å²) in [4.78, 5) is 13.2. The lowest BCUT2D eigenvalue weighted by Crippen LogP contribution is -2.27. The number of hydrogen-bond donors (Lipinski definition) is 1. The van der Waals surface area contributed by atoms with E-state index in [9.17, 15) is 4.79 Å². The van der Waals surface area contributed by atoms with Gasteiger partial charge in [-0.05, 0) is 48.0 Å². The predicted molar refractivity (Wildman–Crippen MR) is 103 cm³/mol. The maximum atomic E-state index is 13.2. The van der Waals surface area contributed by atoms with Gasteiger partial charge in [0.25, 0.3) is 5.91 Å². The Morgan fingerprint density at radius 1 is 1.04 bits per heavy atom. The molecule has 1 unspecified atom stereocenters. The second-order valence-electron chi connectivity index (χ2n) is 6.65. The summed E-state index contributed by atoms with van der Waals surface area (Å²) in [5, 5.41) is 15.4. The van der Waals surface area contributed by atoms with E-state index in [0.717, 1.165) is 22.2 Å². The molecule has 0 fully saturated rings. The van der Waals surface area contributed by atoms with E-state index in [0.29, 0.717) is 6.04 Å². The minimum absolute atomic E-state index is 0.196. The first-order chi connectivity index (χ1) is 13.1. The van der Waals surface area contributed by atoms with Crippen LogP contribution in [0.1, 0.15) is 31.5 Å². The van der Waals surface area contributed by atoms with Crippen molar-refractivity contribution in [2.75, 3.05) is 5.32 Å². The van der Waals surface area contributed by atoms with Crippen molar-refractivity contribution in [2.24, 2.45) is 0 Å². The number of amides is 1. The molecule has 0 radical (unpaired) electrons. The SMILES string of the molecule is CC(C)n1ccc2c(NC(=O)C(c3ccccc3)n3cnnn3)cccc21. The Balaban J connectivity index is 1.71. The van der Waals surface area contributed by atoms with E-state index >= 15 is 0 Å². The van der Waals surface area contributed by atoms with Gasteiger partial charge in [0.2, 0.25) is 0 Å². The molecule has 0 aliphatic carbocycles. The standard InChI is InChI=1S/C20H20N6O/c1-14(2)25-12-11-16-17(9-6-10-18(16)25)22-20(27)19(26-13-21-23-24-26)15-7-4-3-5-8-15/h3-14,19H,1-2H3,(H,22,27). The van der Waals surface area contributed by atoms with Crippen molar-refractivity contribution in [3.63, 3.8) is 0 Å². The molecule has 27 heavy (non-hydrogen) atoms. The number of carbonyl (C=O) groups excluding carboxylic acids is 1. The molecule has 1 N–H and O–H groups in total. The third kappa shape index (κ3) is 3.19. The van der Waals surface area contributed by atoms with Crippen LogP contribution in [-0.4, -0.2) is 30.7 Å². The van der Waals surface area contributed by atoms with E-state index < -0.39 is 6.04 Å². The van der Waals surface area contributed by atoms with Gasteiger partial charge >= 0.3 is 0 Å². The summed E-state index contributed by atoms with van der Waals surface area (Å²) in [5.74, 6) is -0.196. The number of carbonyl (C=O) groups is 1. The fraction of sp³-hybridized carbons (Fsp3) is 0.200. The smallest absolute Gasteiger partial charge is 0.253 e. The van der Waals surface area contributed by atoms with Crippen LogP contribution in [0.25, 0.3) is 10.9 Å². The van der Waals surface area contributed by atoms with E-state index in [2.05, 4.69) is 45.3 Å². The zero-order valence-corrected chi connectivity index (χ0v) is 15.1. The highest BCUT2D eigenvalue weighted by atomic mass is 16.2. The Kier molecular flexibility index (Phi) is 4.42. The van der Waals surface area contributed by atoms with Gasteiger partial charge in [-0.25, -0.2) is 4.68 Å². The van der Waals surface area contributed by atoms with Crippen LogP contribution in [0.15, 0.2) is 67.1 Å². The number of benzene rings is 2. The Morgan fingerprint density at radius 2 is 1.85 bits per heavy atom. The third-order valence-electron chi connectivity index (χ3n) is 4.57. The number of rotatable bonds is 5. The van der Waals surface area contributed by atoms with Gasteiger partial charge in [0.05, 0.1) is 11.2 Å². The summed E-state index contributed by atoms with van der Waals surface area (Å²) in [5.41, 5.74) is 2.67. The summed E-state index contributed by atoms with van der Waals surface area (Å²) in [6.07, 6.45) is 3.49. The Hall–Kier alpha value is -3.48. The molecular weight excluding hydrogens is 340 g/mol. The van der Waals surface area contributed by atoms with Crippen LogP contribution in [0.2, 0.25) is 0 Å². The van der Waals surface area contributed by atoms with Crippen molar-refractivity contribution in [1.29, 1.82) is 0 Å². The normalized spacial score (nSPS) is 12.4. The largest absolute Gasteiger partial charge is 0.345 e. The maximum absolute atomic E-state index is 13.2. The monoisotopic (exact) mass is 360 g/mol. The molecule has 0 spiro atoms. The van der Waals surface area contributed by atoms with E-state index in [1.165, 1.54) is 11.0 Å². The average molecular weight is 360 g/mol. The Morgan fingerprint density at radius 3 is 2.56 bits per heavy atom. The van der Waals surface area contributed by atoms with Crippen molar-refractivity contribution < 1.29 is 4.79 Å². The number of fused-ring (bicyclic) bond motifs is 1. The van der Waals surface area contributed by atoms with E-state index in [1.54, 1.807) is 0 Å². The van der Waals surface area contributed by atoms with Crippen molar-refractivity contribution >= 4 is 22.5 Å². The van der Waals surface area contributed by atoms with E-state index in [4.69, 9.17) is 0 Å². The first-order valence-electron chi connectivity index (χ1n) is 8.83. The minimum Gasteiger partial charge on any atom is -0.345 e. The molecule has 0 saturated heterocycles. The number of hydrogen-bond acceptors (Lipinski definition) is 4. The summed E-state index contributed by atoms with van der Waals surface area (Å²) >= 11 is 0. The van der Waals surface area contributed by atoms with E-state index in [1.807, 2.05) is 54.7 Å². The quantitative estimate of drug-likeness (QED) is 0.591. The molecule has 0 aliphatic rings. The third-order valence-corrected chi connectivity index (χ3v) is 4.57. The zero-order valence-electron chi connectivity index (χ0n) is 15.1. The highest BCUT2D eigenvalue weighted by Crippen LogP contribution is 2.28. The molecule has 4 aromatic rings. The summed E-state index contributed by atoms with van der Waals surface area (Å²) < 4.78 is 3.64. The van der Waals surface area contributed by atoms with Crippen molar-refractivity contribution in [1.82, 2.24) is 24.8 Å². The fourth-order valence-electron chi connectivity index (χ4n) is 3.30. The molecule has 1 atom stereocenters. The molecule has 4 rings (SSSR count). The van der Waals surface area contributed by atoms with Gasteiger partial charge in [0, 0.05) is 17.6 Å². The van der Waals surface area contributed by atoms with Crippen molar-refractivity contribution in [2.45, 2.75) is 25.9 Å². The minimum atomic E-state index is -0.649. The lowest BCUT2D eigenvalue weighted by Gasteiger charge is -2.17. The molecule has 7 nitrogen and oxygen atoms in total. The zero-order chi connectivity index (χ0) is 18.8. The van der Waals surface area contributed by atoms with Gasteiger partial charge in [-0.15, -0.1) is 5.10 Å². The lowest BCUT2D eigenvalue weighted by molar-refractivity contribution is -0.118. The van der Waals surface area contributed by atoms with E-state index in [-0.39, 0.29) is 5.91 Å². The fourth-order valence-corrected chi connectivity index (χ4v) is 3.30. The molecule has 0 saturated carbocycles. The van der Waals surface area contributed by atoms with Gasteiger partial charge in [-0.1, -0.05) is 36.4 Å². The molecule has 0 aliphatic heterocycles. The lowest BCUT2D eigenvalue weighted by atomic mass is 10.1. The van der Waals surface area contributed by atoms with Gasteiger partial charge in [-0.2, -0.15) is 0 Å². The van der Waals surface area contributed by atoms with Gasteiger partial charge in [0.15, 0.2) is 6.04 Å². The number of anilines is 1. The van der Waals surface area contributed by atoms with Gasteiger partial charge in [0.1, 0.15) is 6.33 Å². The molecular formula is C20H20N6O. The molecule has 2 heterocycles. The van der Waals surface area contributed by atoms with Crippen LogP contribution in [0.4, 0.5) is 5.69 Å². The summed E-state index contributed by atoms with van der Waals surface area (Å²) in [7, 11) is 0. The molecule has 1 amide bonds. The van der Waals surface area contributed by atoms with Crippen LogP contribution in [0, 0.1) is 0 Å². The summed E-state index contributed by atoms with van der Waals surface area (Å²) in [6.45, 7) is 4.27. The van der Waals surface area contributed by atoms with Crippen LogP contribution in [-0.2, 0) is 4.79 Å². The summed E-state index contributed by atoms with van der Waals surface area (Å²) in [6, 6.07) is 17.1. The van der Waals surface area contributed by atoms with Crippen LogP contribution in [0.3, 0.4) is 0 Å². The average Bonchev–Trinajstić information content (AvgIpc) is 3.33. The molecule has 7 heteroatoms. The molecule has 2 aromatic heterocycles. The molecule has 136 valence electrons. The second kappa shape index (κ2) is 7.03. The highest BCUT2D eigenvalue weighted by molar-refractivity contribution is 6.03. The van der Waals surface area contributed by atoms with Crippen LogP contribution in [0.5, 0.6) is 0 Å². The number of aromatic nitrogens is 5. The molecule has 2 aromatic carbocycles. The number of nitrogens with one attached hydrogen (secondary N) is 1. The number of nitrogens with zero attached hydrogens (tertiary/aromatic N) is 5.